The van der Waals surface area contributed by atoms with Gasteiger partial charge in [0, 0.05) is 13.5 Å². The van der Waals surface area contributed by atoms with Gasteiger partial charge in [-0.1, -0.05) is 66.7 Å². The van der Waals surface area contributed by atoms with Crippen LogP contribution in [0.3, 0.4) is 0 Å². The molecule has 0 saturated heterocycles. The van der Waals surface area contributed by atoms with Crippen molar-refractivity contribution in [3.8, 4) is 16.9 Å². The summed E-state index contributed by atoms with van der Waals surface area (Å²) in [7, 11) is 1.71. The molecule has 7 nitrogen and oxygen atoms in total. The van der Waals surface area contributed by atoms with Crippen molar-refractivity contribution in [1.29, 1.82) is 0 Å². The maximum atomic E-state index is 13.9. The Kier molecular flexibility index (Phi) is 11.3. The highest BCUT2D eigenvalue weighted by Crippen LogP contribution is 2.32. The van der Waals surface area contributed by atoms with E-state index in [4.69, 9.17) is 9.47 Å². The topological polar surface area (TPSA) is 84.9 Å². The number of carbonyl (C=O) groups excluding carboxylic acids is 3. The minimum atomic E-state index is -0.285. The van der Waals surface area contributed by atoms with Crippen molar-refractivity contribution < 1.29 is 23.9 Å². The number of nitrogens with one attached hydrogen (secondary N) is 1. The fraction of sp³-hybridized carbons (Fsp3) is 0.270. The molecule has 4 aromatic rings. The number of para-hydroxylation sites is 1. The third-order valence-electron chi connectivity index (χ3n) is 7.36. The molecular formula is C37H40N2O5. The van der Waals surface area contributed by atoms with Crippen molar-refractivity contribution in [3.63, 3.8) is 0 Å². The van der Waals surface area contributed by atoms with Crippen LogP contribution in [0.5, 0.6) is 5.75 Å². The van der Waals surface area contributed by atoms with Crippen LogP contribution >= 0.6 is 0 Å². The molecule has 0 spiro atoms. The minimum Gasteiger partial charge on any atom is -0.491 e. The molecule has 2 amide bonds. The summed E-state index contributed by atoms with van der Waals surface area (Å²) < 4.78 is 11.1. The van der Waals surface area contributed by atoms with Gasteiger partial charge in [-0.3, -0.25) is 14.4 Å². The van der Waals surface area contributed by atoms with Crippen molar-refractivity contribution in [2.75, 3.05) is 30.5 Å². The lowest BCUT2D eigenvalue weighted by atomic mass is 9.95. The predicted octanol–water partition coefficient (Wildman–Crippen LogP) is 8.00. The molecule has 7 heteroatoms. The smallest absolute Gasteiger partial charge is 0.305 e. The Morgan fingerprint density at radius 2 is 1.57 bits per heavy atom. The van der Waals surface area contributed by atoms with Gasteiger partial charge in [0.1, 0.15) is 5.75 Å². The molecule has 0 unspecified atom stereocenters. The van der Waals surface area contributed by atoms with Crippen LogP contribution < -0.4 is 15.0 Å². The zero-order valence-corrected chi connectivity index (χ0v) is 25.9. The van der Waals surface area contributed by atoms with Crippen LogP contribution in [0.2, 0.25) is 0 Å². The van der Waals surface area contributed by atoms with Crippen molar-refractivity contribution in [3.05, 3.63) is 113 Å². The molecule has 0 aliphatic rings. The van der Waals surface area contributed by atoms with Gasteiger partial charge < -0.3 is 19.7 Å². The first kappa shape index (κ1) is 32.0. The van der Waals surface area contributed by atoms with E-state index < -0.39 is 0 Å². The normalized spacial score (nSPS) is 10.6. The quantitative estimate of drug-likeness (QED) is 0.126. The first-order valence-electron chi connectivity index (χ1n) is 15.0. The average Bonchev–Trinajstić information content (AvgIpc) is 3.03. The fourth-order valence-corrected chi connectivity index (χ4v) is 5.06. The number of ether oxygens (including phenoxy) is 2. The van der Waals surface area contributed by atoms with Gasteiger partial charge in [-0.05, 0) is 86.6 Å². The Balaban J connectivity index is 1.50. The van der Waals surface area contributed by atoms with E-state index in [1.807, 2.05) is 80.6 Å². The van der Waals surface area contributed by atoms with Gasteiger partial charge in [0.2, 0.25) is 0 Å². The van der Waals surface area contributed by atoms with E-state index in [1.54, 1.807) is 43.1 Å². The molecule has 1 N–H and O–H groups in total. The standard InChI is InChI=1S/C37H40N2O5/c1-5-43-34(40)21-10-7-13-24-44-33-23-22-26(2)25-32(33)39(4)37(42)30-18-11-12-20-31(30)38-36(41)35-27(3)15-14-19-29(35)28-16-8-6-9-17-28/h6,8-9,11-12,14-20,22-23,25H,5,7,10,13,21,24H2,1-4H3,(H,38,41). The Hall–Kier alpha value is -4.91. The monoisotopic (exact) mass is 592 g/mol. The van der Waals surface area contributed by atoms with Crippen molar-refractivity contribution in [2.24, 2.45) is 0 Å². The summed E-state index contributed by atoms with van der Waals surface area (Å²) in [5.41, 5.74) is 5.57. The molecule has 0 aliphatic heterocycles. The lowest BCUT2D eigenvalue weighted by molar-refractivity contribution is -0.143. The van der Waals surface area contributed by atoms with Gasteiger partial charge in [0.15, 0.2) is 0 Å². The van der Waals surface area contributed by atoms with E-state index in [9.17, 15) is 14.4 Å². The Labute approximate surface area is 259 Å². The van der Waals surface area contributed by atoms with Crippen LogP contribution in [0.4, 0.5) is 11.4 Å². The second kappa shape index (κ2) is 15.5. The number of rotatable bonds is 13. The van der Waals surface area contributed by atoms with Gasteiger partial charge in [-0.15, -0.1) is 0 Å². The van der Waals surface area contributed by atoms with Crippen molar-refractivity contribution >= 4 is 29.2 Å². The van der Waals surface area contributed by atoms with Gasteiger partial charge in [0.05, 0.1) is 35.7 Å². The van der Waals surface area contributed by atoms with Gasteiger partial charge in [0.25, 0.3) is 11.8 Å². The predicted molar refractivity (Wildman–Crippen MR) is 176 cm³/mol. The molecule has 0 aliphatic carbocycles. The number of aryl methyl sites for hydroxylation is 2. The summed E-state index contributed by atoms with van der Waals surface area (Å²) in [6.45, 7) is 6.51. The lowest BCUT2D eigenvalue weighted by Gasteiger charge is -2.23. The highest BCUT2D eigenvalue weighted by Gasteiger charge is 2.23. The van der Waals surface area contributed by atoms with E-state index >= 15 is 0 Å². The number of nitrogens with zero attached hydrogens (tertiary/aromatic N) is 1. The van der Waals surface area contributed by atoms with Crippen LogP contribution in [0.25, 0.3) is 11.1 Å². The zero-order valence-electron chi connectivity index (χ0n) is 25.9. The highest BCUT2D eigenvalue weighted by atomic mass is 16.5. The summed E-state index contributed by atoms with van der Waals surface area (Å²) in [4.78, 5) is 40.7. The summed E-state index contributed by atoms with van der Waals surface area (Å²) >= 11 is 0. The third kappa shape index (κ3) is 8.13. The third-order valence-corrected chi connectivity index (χ3v) is 7.36. The fourth-order valence-electron chi connectivity index (χ4n) is 5.06. The molecule has 0 saturated carbocycles. The van der Waals surface area contributed by atoms with Crippen LogP contribution in [0.15, 0.2) is 91.0 Å². The van der Waals surface area contributed by atoms with Crippen molar-refractivity contribution in [2.45, 2.75) is 46.5 Å². The average molecular weight is 593 g/mol. The number of anilines is 2. The molecule has 0 bridgehead atoms. The van der Waals surface area contributed by atoms with Crippen LogP contribution in [0, 0.1) is 13.8 Å². The van der Waals surface area contributed by atoms with Gasteiger partial charge in [-0.2, -0.15) is 0 Å². The molecular weight excluding hydrogens is 552 g/mol. The SMILES string of the molecule is CCOC(=O)CCCCCOc1ccc(C)cc1N(C)C(=O)c1ccccc1NC(=O)c1c(C)cccc1-c1ccccc1. The maximum Gasteiger partial charge on any atom is 0.305 e. The number of amides is 2. The zero-order chi connectivity index (χ0) is 31.5. The van der Waals surface area contributed by atoms with E-state index in [1.165, 1.54) is 0 Å². The number of esters is 1. The number of benzene rings is 4. The molecule has 0 aromatic heterocycles. The summed E-state index contributed by atoms with van der Waals surface area (Å²) in [5.74, 6) is -0.154. The van der Waals surface area contributed by atoms with E-state index in [0.29, 0.717) is 47.9 Å². The van der Waals surface area contributed by atoms with Crippen LogP contribution in [-0.4, -0.2) is 38.0 Å². The molecule has 228 valence electrons. The van der Waals surface area contributed by atoms with Gasteiger partial charge in [-0.25, -0.2) is 0 Å². The number of hydrogen-bond acceptors (Lipinski definition) is 5. The van der Waals surface area contributed by atoms with Crippen LogP contribution in [-0.2, 0) is 9.53 Å². The van der Waals surface area contributed by atoms with Gasteiger partial charge >= 0.3 is 5.97 Å². The van der Waals surface area contributed by atoms with E-state index in [0.717, 1.165) is 41.5 Å². The Morgan fingerprint density at radius 3 is 2.34 bits per heavy atom. The molecule has 0 atom stereocenters. The largest absolute Gasteiger partial charge is 0.491 e. The van der Waals surface area contributed by atoms with Crippen LogP contribution in [0.1, 0.15) is 64.4 Å². The summed E-state index contributed by atoms with van der Waals surface area (Å²) in [6.07, 6.45) is 2.73. The maximum absolute atomic E-state index is 13.9. The molecule has 4 aromatic carbocycles. The first-order chi connectivity index (χ1) is 21.3. The number of unbranched alkanes of at least 4 members (excludes halogenated alkanes) is 2. The lowest BCUT2D eigenvalue weighted by Crippen LogP contribution is -2.28. The Bertz CT molecular complexity index is 1600. The van der Waals surface area contributed by atoms with Crippen molar-refractivity contribution in [1.82, 2.24) is 0 Å². The molecule has 0 heterocycles. The molecule has 0 fully saturated rings. The second-order valence-electron chi connectivity index (χ2n) is 10.7. The first-order valence-corrected chi connectivity index (χ1v) is 15.0. The number of carbonyl (C=O) groups is 3. The number of hydrogen-bond donors (Lipinski definition) is 1. The summed E-state index contributed by atoms with van der Waals surface area (Å²) in [6, 6.07) is 28.3. The summed E-state index contributed by atoms with van der Waals surface area (Å²) in [5, 5.41) is 3.01. The molecule has 0 radical (unpaired) electrons. The Morgan fingerprint density at radius 1 is 0.818 bits per heavy atom. The molecule has 44 heavy (non-hydrogen) atoms. The second-order valence-corrected chi connectivity index (χ2v) is 10.7. The van der Waals surface area contributed by atoms with E-state index in [2.05, 4.69) is 5.32 Å². The minimum absolute atomic E-state index is 0.179. The van der Waals surface area contributed by atoms with E-state index in [-0.39, 0.29) is 17.8 Å². The molecule has 4 rings (SSSR count). The highest BCUT2D eigenvalue weighted by molar-refractivity contribution is 6.15.